The fourth-order valence-corrected chi connectivity index (χ4v) is 3.33. The van der Waals surface area contributed by atoms with E-state index >= 15 is 0 Å². The van der Waals surface area contributed by atoms with E-state index in [1.54, 1.807) is 54.6 Å². The van der Waals surface area contributed by atoms with Gasteiger partial charge in [-0.3, -0.25) is 14.4 Å². The minimum atomic E-state index is -0.619. The van der Waals surface area contributed by atoms with Crippen LogP contribution < -0.4 is 5.32 Å². The van der Waals surface area contributed by atoms with Crippen molar-refractivity contribution in [1.82, 2.24) is 10.2 Å². The first-order valence-corrected chi connectivity index (χ1v) is 10.1. The quantitative estimate of drug-likeness (QED) is 0.306. The number of ketones is 1. The Kier molecular flexibility index (Phi) is 7.70. The molecule has 1 heterocycles. The van der Waals surface area contributed by atoms with E-state index in [0.29, 0.717) is 24.1 Å². The average Bonchev–Trinajstić information content (AvgIpc) is 3.31. The summed E-state index contributed by atoms with van der Waals surface area (Å²) in [5, 5.41) is 2.56. The number of amides is 2. The summed E-state index contributed by atoms with van der Waals surface area (Å²) in [6.07, 6.45) is 3.63. The fraction of sp³-hybridized carbons (Fsp3) is 0.250. The van der Waals surface area contributed by atoms with Gasteiger partial charge in [-0.2, -0.15) is 0 Å². The first-order valence-electron chi connectivity index (χ1n) is 10.1. The highest BCUT2D eigenvalue weighted by Crippen LogP contribution is 2.21. The van der Waals surface area contributed by atoms with Gasteiger partial charge in [0.05, 0.1) is 6.54 Å². The van der Waals surface area contributed by atoms with Crippen LogP contribution in [0.4, 0.5) is 0 Å². The Bertz CT molecular complexity index is 956. The van der Waals surface area contributed by atoms with Crippen molar-refractivity contribution in [3.63, 3.8) is 0 Å². The molecule has 0 aromatic heterocycles. The maximum atomic E-state index is 12.6. The van der Waals surface area contributed by atoms with Crippen molar-refractivity contribution >= 4 is 23.6 Å². The van der Waals surface area contributed by atoms with E-state index in [4.69, 9.17) is 4.74 Å². The Hall–Kier alpha value is -3.74. The van der Waals surface area contributed by atoms with Crippen LogP contribution in [0.1, 0.15) is 33.6 Å². The number of hydrogen-bond donors (Lipinski definition) is 1. The maximum Gasteiger partial charge on any atom is 0.328 e. The maximum absolute atomic E-state index is 12.6. The number of ether oxygens (including phenoxy) is 1. The third kappa shape index (κ3) is 6.12. The van der Waals surface area contributed by atoms with Crippen LogP contribution in [0.5, 0.6) is 0 Å². The monoisotopic (exact) mass is 420 g/mol. The number of nitrogens with one attached hydrogen (secondary N) is 1. The van der Waals surface area contributed by atoms with E-state index in [-0.39, 0.29) is 24.8 Å². The number of carbonyl (C=O) groups is 4. The SMILES string of the molecule is O=C(/C=C/C(=O)c1ccccc1)NCCOC(=O)C1CCCN1C(=O)c1ccccc1. The normalized spacial score (nSPS) is 15.6. The lowest BCUT2D eigenvalue weighted by Crippen LogP contribution is -2.42. The molecule has 7 heteroatoms. The van der Waals surface area contributed by atoms with Gasteiger partial charge in [0.15, 0.2) is 5.78 Å². The van der Waals surface area contributed by atoms with Crippen LogP contribution >= 0.6 is 0 Å². The zero-order valence-electron chi connectivity index (χ0n) is 17.0. The second-order valence-electron chi connectivity index (χ2n) is 7.04. The van der Waals surface area contributed by atoms with Crippen molar-refractivity contribution in [1.29, 1.82) is 0 Å². The molecule has 7 nitrogen and oxygen atoms in total. The molecule has 2 aromatic carbocycles. The van der Waals surface area contributed by atoms with Crippen LogP contribution in [0, 0.1) is 0 Å². The summed E-state index contributed by atoms with van der Waals surface area (Å²) < 4.78 is 5.25. The molecule has 0 aliphatic carbocycles. The van der Waals surface area contributed by atoms with E-state index in [9.17, 15) is 19.2 Å². The molecule has 0 bridgehead atoms. The Balaban J connectivity index is 1.41. The molecular weight excluding hydrogens is 396 g/mol. The molecule has 0 radical (unpaired) electrons. The third-order valence-electron chi connectivity index (χ3n) is 4.90. The Labute approximate surface area is 180 Å². The van der Waals surface area contributed by atoms with Crippen LogP contribution in [0.2, 0.25) is 0 Å². The van der Waals surface area contributed by atoms with Crippen LogP contribution in [-0.2, 0) is 14.3 Å². The molecule has 2 aromatic rings. The van der Waals surface area contributed by atoms with Crippen LogP contribution in [0.3, 0.4) is 0 Å². The van der Waals surface area contributed by atoms with Gasteiger partial charge in [-0.05, 0) is 31.1 Å². The van der Waals surface area contributed by atoms with E-state index in [0.717, 1.165) is 12.5 Å². The van der Waals surface area contributed by atoms with E-state index in [2.05, 4.69) is 5.32 Å². The molecule has 1 saturated heterocycles. The lowest BCUT2D eigenvalue weighted by molar-refractivity contribution is -0.148. The van der Waals surface area contributed by atoms with Crippen molar-refractivity contribution in [3.8, 4) is 0 Å². The van der Waals surface area contributed by atoms with Gasteiger partial charge in [-0.25, -0.2) is 4.79 Å². The molecule has 3 rings (SSSR count). The van der Waals surface area contributed by atoms with Crippen LogP contribution in [0.15, 0.2) is 72.8 Å². The Morgan fingerprint density at radius 3 is 2.26 bits per heavy atom. The summed E-state index contributed by atoms with van der Waals surface area (Å²) in [6, 6.07) is 16.8. The molecule has 1 atom stereocenters. The van der Waals surface area contributed by atoms with Gasteiger partial charge in [-0.15, -0.1) is 0 Å². The standard InChI is InChI=1S/C24H24N2O5/c27-21(18-8-3-1-4-9-18)13-14-22(28)25-15-17-31-24(30)20-12-7-16-26(20)23(29)19-10-5-2-6-11-19/h1-6,8-11,13-14,20H,7,12,15-17H2,(H,25,28)/b14-13+. The number of allylic oxidation sites excluding steroid dienone is 1. The number of likely N-dealkylation sites (tertiary alicyclic amines) is 1. The summed E-state index contributed by atoms with van der Waals surface area (Å²) in [6.45, 7) is 0.590. The Morgan fingerprint density at radius 2 is 1.58 bits per heavy atom. The van der Waals surface area contributed by atoms with Gasteiger partial charge in [-0.1, -0.05) is 48.5 Å². The predicted molar refractivity (Wildman–Crippen MR) is 114 cm³/mol. The molecule has 1 fully saturated rings. The molecular formula is C24H24N2O5. The van der Waals surface area contributed by atoms with Crippen molar-refractivity contribution in [2.45, 2.75) is 18.9 Å². The first kappa shape index (κ1) is 22.0. The lowest BCUT2D eigenvalue weighted by Gasteiger charge is -2.23. The summed E-state index contributed by atoms with van der Waals surface area (Å²) in [7, 11) is 0. The molecule has 1 unspecified atom stereocenters. The smallest absolute Gasteiger partial charge is 0.328 e. The van der Waals surface area contributed by atoms with Gasteiger partial charge in [0, 0.05) is 23.7 Å². The molecule has 31 heavy (non-hydrogen) atoms. The van der Waals surface area contributed by atoms with Gasteiger partial charge < -0.3 is 15.0 Å². The number of rotatable bonds is 8. The first-order chi connectivity index (χ1) is 15.1. The molecule has 1 aliphatic heterocycles. The summed E-state index contributed by atoms with van der Waals surface area (Å²) in [4.78, 5) is 50.4. The Morgan fingerprint density at radius 1 is 0.935 bits per heavy atom. The molecule has 2 amide bonds. The highest BCUT2D eigenvalue weighted by molar-refractivity contribution is 6.07. The summed E-state index contributed by atoms with van der Waals surface area (Å²) in [5.74, 6) is -1.40. The second-order valence-corrected chi connectivity index (χ2v) is 7.04. The van der Waals surface area contributed by atoms with Crippen LogP contribution in [0.25, 0.3) is 0 Å². The molecule has 1 aliphatic rings. The number of esters is 1. The minimum Gasteiger partial charge on any atom is -0.462 e. The van der Waals surface area contributed by atoms with Gasteiger partial charge in [0.25, 0.3) is 5.91 Å². The van der Waals surface area contributed by atoms with E-state index < -0.39 is 17.9 Å². The highest BCUT2D eigenvalue weighted by atomic mass is 16.5. The van der Waals surface area contributed by atoms with Crippen LogP contribution in [-0.4, -0.2) is 54.2 Å². The second kappa shape index (κ2) is 10.9. The molecule has 160 valence electrons. The van der Waals surface area contributed by atoms with Crippen molar-refractivity contribution in [3.05, 3.63) is 83.9 Å². The number of benzene rings is 2. The van der Waals surface area contributed by atoms with Gasteiger partial charge in [0.2, 0.25) is 5.91 Å². The average molecular weight is 420 g/mol. The molecule has 0 spiro atoms. The highest BCUT2D eigenvalue weighted by Gasteiger charge is 2.35. The van der Waals surface area contributed by atoms with Gasteiger partial charge in [0.1, 0.15) is 12.6 Å². The van der Waals surface area contributed by atoms with E-state index in [1.165, 1.54) is 11.0 Å². The molecule has 0 saturated carbocycles. The fourth-order valence-electron chi connectivity index (χ4n) is 3.33. The molecule has 1 N–H and O–H groups in total. The number of carbonyl (C=O) groups excluding carboxylic acids is 4. The van der Waals surface area contributed by atoms with Crippen molar-refractivity contribution in [2.24, 2.45) is 0 Å². The predicted octanol–water partition coefficient (Wildman–Crippen LogP) is 2.39. The lowest BCUT2D eigenvalue weighted by atomic mass is 10.1. The zero-order chi connectivity index (χ0) is 22.1. The summed E-state index contributed by atoms with van der Waals surface area (Å²) in [5.41, 5.74) is 1.03. The largest absolute Gasteiger partial charge is 0.462 e. The number of hydrogen-bond acceptors (Lipinski definition) is 5. The number of nitrogens with zero attached hydrogens (tertiary/aromatic N) is 1. The van der Waals surface area contributed by atoms with Crippen molar-refractivity contribution in [2.75, 3.05) is 19.7 Å². The van der Waals surface area contributed by atoms with Gasteiger partial charge >= 0.3 is 5.97 Å². The third-order valence-corrected chi connectivity index (χ3v) is 4.90. The van der Waals surface area contributed by atoms with Crippen molar-refractivity contribution < 1.29 is 23.9 Å². The topological polar surface area (TPSA) is 92.8 Å². The van der Waals surface area contributed by atoms with E-state index in [1.807, 2.05) is 6.07 Å². The minimum absolute atomic E-state index is 0.0189. The summed E-state index contributed by atoms with van der Waals surface area (Å²) >= 11 is 0. The zero-order valence-corrected chi connectivity index (χ0v) is 17.0.